The van der Waals surface area contributed by atoms with Crippen LogP contribution in [-0.4, -0.2) is 23.3 Å². The lowest BCUT2D eigenvalue weighted by molar-refractivity contribution is -0.129. The summed E-state index contributed by atoms with van der Waals surface area (Å²) < 4.78 is 23.9. The fraction of sp³-hybridized carbons (Fsp3) is 0.217. The number of hydrogen-bond donors (Lipinski definition) is 1. The summed E-state index contributed by atoms with van der Waals surface area (Å²) >= 11 is 0. The van der Waals surface area contributed by atoms with Crippen molar-refractivity contribution in [2.45, 2.75) is 19.5 Å². The smallest absolute Gasteiger partial charge is 0.225 e. The van der Waals surface area contributed by atoms with E-state index in [9.17, 15) is 14.0 Å². The monoisotopic (exact) mass is 408 g/mol. The van der Waals surface area contributed by atoms with Crippen LogP contribution < -0.4 is 10.1 Å². The molecule has 2 heterocycles. The Morgan fingerprint density at radius 2 is 1.80 bits per heavy atom. The van der Waals surface area contributed by atoms with E-state index >= 15 is 0 Å². The summed E-state index contributed by atoms with van der Waals surface area (Å²) in [6.45, 7) is 1.12. The van der Waals surface area contributed by atoms with Crippen LogP contribution in [0.1, 0.15) is 17.7 Å². The van der Waals surface area contributed by atoms with E-state index in [1.807, 2.05) is 18.2 Å². The molecule has 1 aliphatic rings. The van der Waals surface area contributed by atoms with Gasteiger partial charge in [-0.25, -0.2) is 4.39 Å². The van der Waals surface area contributed by atoms with E-state index in [-0.39, 0.29) is 30.0 Å². The molecule has 30 heavy (non-hydrogen) atoms. The van der Waals surface area contributed by atoms with Crippen molar-refractivity contribution >= 4 is 11.8 Å². The number of carbonyl (C=O) groups is 2. The van der Waals surface area contributed by atoms with Gasteiger partial charge >= 0.3 is 0 Å². The van der Waals surface area contributed by atoms with Gasteiger partial charge in [0.05, 0.1) is 18.7 Å². The molecular weight excluding hydrogens is 387 g/mol. The zero-order valence-electron chi connectivity index (χ0n) is 16.2. The molecule has 3 aromatic rings. The summed E-state index contributed by atoms with van der Waals surface area (Å²) in [5, 5.41) is 2.89. The summed E-state index contributed by atoms with van der Waals surface area (Å²) in [6.07, 6.45) is 1.77. The predicted octanol–water partition coefficient (Wildman–Crippen LogP) is 3.88. The third kappa shape index (κ3) is 4.86. The molecule has 2 amide bonds. The van der Waals surface area contributed by atoms with E-state index in [2.05, 4.69) is 5.32 Å². The number of amides is 2. The molecule has 2 aromatic carbocycles. The van der Waals surface area contributed by atoms with Crippen molar-refractivity contribution in [3.63, 3.8) is 0 Å². The lowest BCUT2D eigenvalue weighted by atomic mass is 10.1. The normalized spacial score (nSPS) is 16.0. The minimum atomic E-state index is -0.367. The highest BCUT2D eigenvalue weighted by Gasteiger charge is 2.34. The summed E-state index contributed by atoms with van der Waals surface area (Å²) in [7, 11) is 0. The summed E-state index contributed by atoms with van der Waals surface area (Å²) in [5.74, 6) is 0.988. The molecule has 0 spiro atoms. The first-order valence-electron chi connectivity index (χ1n) is 9.67. The van der Waals surface area contributed by atoms with E-state index in [0.717, 1.165) is 5.56 Å². The minimum absolute atomic E-state index is 0.0474. The number of hydrogen-bond acceptors (Lipinski definition) is 4. The highest BCUT2D eigenvalue weighted by atomic mass is 19.1. The van der Waals surface area contributed by atoms with E-state index in [1.165, 1.54) is 12.1 Å². The van der Waals surface area contributed by atoms with Gasteiger partial charge in [-0.2, -0.15) is 0 Å². The van der Waals surface area contributed by atoms with Gasteiger partial charge < -0.3 is 19.4 Å². The first kappa shape index (κ1) is 19.7. The van der Waals surface area contributed by atoms with Crippen molar-refractivity contribution in [2.75, 3.05) is 6.54 Å². The van der Waals surface area contributed by atoms with Crippen LogP contribution in [0.25, 0.3) is 0 Å². The number of carbonyl (C=O) groups excluding carboxylic acids is 2. The van der Waals surface area contributed by atoms with Gasteiger partial charge in [0.15, 0.2) is 0 Å². The molecular formula is C23H21FN2O4. The number of rotatable bonds is 7. The molecule has 1 saturated heterocycles. The maximum Gasteiger partial charge on any atom is 0.225 e. The van der Waals surface area contributed by atoms with Gasteiger partial charge in [0.1, 0.15) is 23.1 Å². The molecule has 6 nitrogen and oxygen atoms in total. The van der Waals surface area contributed by atoms with Gasteiger partial charge in [-0.15, -0.1) is 0 Å². The van der Waals surface area contributed by atoms with Crippen molar-refractivity contribution in [3.8, 4) is 11.5 Å². The molecule has 7 heteroatoms. The Kier molecular flexibility index (Phi) is 5.79. The number of halogens is 1. The fourth-order valence-electron chi connectivity index (χ4n) is 3.34. The Morgan fingerprint density at radius 3 is 2.47 bits per heavy atom. The van der Waals surface area contributed by atoms with Gasteiger partial charge in [-0.1, -0.05) is 12.1 Å². The Balaban J connectivity index is 1.26. The van der Waals surface area contributed by atoms with Crippen LogP contribution in [0.5, 0.6) is 11.5 Å². The van der Waals surface area contributed by atoms with Crippen molar-refractivity contribution in [1.29, 1.82) is 0 Å². The SMILES string of the molecule is O=C(NCc1ccc(Oc2ccc(F)cc2)cc1)C1CC(=O)N(Cc2ccco2)C1. The zero-order valence-corrected chi connectivity index (χ0v) is 16.2. The van der Waals surface area contributed by atoms with Crippen molar-refractivity contribution < 1.29 is 23.1 Å². The number of ether oxygens (including phenoxy) is 1. The Hall–Kier alpha value is -3.61. The van der Waals surface area contributed by atoms with Gasteiger partial charge in [0.2, 0.25) is 11.8 Å². The fourth-order valence-corrected chi connectivity index (χ4v) is 3.34. The molecule has 1 aliphatic heterocycles. The van der Waals surface area contributed by atoms with Crippen LogP contribution in [0.3, 0.4) is 0 Å². The zero-order chi connectivity index (χ0) is 20.9. The first-order chi connectivity index (χ1) is 14.6. The second kappa shape index (κ2) is 8.82. The van der Waals surface area contributed by atoms with E-state index in [4.69, 9.17) is 9.15 Å². The predicted molar refractivity (Wildman–Crippen MR) is 107 cm³/mol. The average molecular weight is 408 g/mol. The molecule has 0 radical (unpaired) electrons. The van der Waals surface area contributed by atoms with Crippen LogP contribution in [0.4, 0.5) is 4.39 Å². The maximum absolute atomic E-state index is 13.0. The molecule has 1 atom stereocenters. The van der Waals surface area contributed by atoms with Crippen LogP contribution >= 0.6 is 0 Å². The second-order valence-electron chi connectivity index (χ2n) is 7.17. The summed E-state index contributed by atoms with van der Waals surface area (Å²) in [4.78, 5) is 26.3. The minimum Gasteiger partial charge on any atom is -0.467 e. The van der Waals surface area contributed by atoms with E-state index < -0.39 is 0 Å². The number of nitrogens with zero attached hydrogens (tertiary/aromatic N) is 1. The molecule has 1 fully saturated rings. The van der Waals surface area contributed by atoms with E-state index in [0.29, 0.717) is 36.9 Å². The number of nitrogens with one attached hydrogen (secondary N) is 1. The third-order valence-electron chi connectivity index (χ3n) is 4.95. The quantitative estimate of drug-likeness (QED) is 0.644. The maximum atomic E-state index is 13.0. The molecule has 0 aliphatic carbocycles. The lowest BCUT2D eigenvalue weighted by Gasteiger charge is -2.15. The summed E-state index contributed by atoms with van der Waals surface area (Å²) in [5.41, 5.74) is 0.909. The van der Waals surface area contributed by atoms with E-state index in [1.54, 1.807) is 41.5 Å². The highest BCUT2D eigenvalue weighted by Crippen LogP contribution is 2.23. The van der Waals surface area contributed by atoms with Gasteiger partial charge in [0.25, 0.3) is 0 Å². The van der Waals surface area contributed by atoms with Crippen LogP contribution in [0.15, 0.2) is 71.3 Å². The molecule has 154 valence electrons. The lowest BCUT2D eigenvalue weighted by Crippen LogP contribution is -2.32. The number of furan rings is 1. The molecule has 1 aromatic heterocycles. The van der Waals surface area contributed by atoms with Crippen LogP contribution in [0, 0.1) is 11.7 Å². The van der Waals surface area contributed by atoms with Gasteiger partial charge in [0, 0.05) is 19.5 Å². The number of likely N-dealkylation sites (tertiary alicyclic amines) is 1. The van der Waals surface area contributed by atoms with Crippen molar-refractivity contribution in [2.24, 2.45) is 5.92 Å². The molecule has 1 unspecified atom stereocenters. The Bertz CT molecular complexity index is 1000. The Morgan fingerprint density at radius 1 is 1.10 bits per heavy atom. The van der Waals surface area contributed by atoms with Crippen LogP contribution in [0.2, 0.25) is 0 Å². The third-order valence-corrected chi connectivity index (χ3v) is 4.95. The second-order valence-corrected chi connectivity index (χ2v) is 7.17. The number of benzene rings is 2. The van der Waals surface area contributed by atoms with Gasteiger partial charge in [-0.05, 0) is 54.1 Å². The largest absolute Gasteiger partial charge is 0.467 e. The Labute approximate surface area is 173 Å². The average Bonchev–Trinajstić information content (AvgIpc) is 3.39. The molecule has 0 bridgehead atoms. The molecule has 1 N–H and O–H groups in total. The standard InChI is InChI=1S/C23H21FN2O4/c24-18-5-9-20(10-6-18)30-19-7-3-16(4-8-19)13-25-23(28)17-12-22(27)26(14-17)15-21-2-1-11-29-21/h1-11,17H,12-15H2,(H,25,28). The first-order valence-corrected chi connectivity index (χ1v) is 9.67. The highest BCUT2D eigenvalue weighted by molar-refractivity contribution is 5.89. The molecule has 0 saturated carbocycles. The molecule has 4 rings (SSSR count). The summed E-state index contributed by atoms with van der Waals surface area (Å²) in [6, 6.07) is 16.6. The van der Waals surface area contributed by atoms with Crippen molar-refractivity contribution in [1.82, 2.24) is 10.2 Å². The van der Waals surface area contributed by atoms with Crippen molar-refractivity contribution in [3.05, 3.63) is 84.1 Å². The van der Waals surface area contributed by atoms with Gasteiger partial charge in [-0.3, -0.25) is 9.59 Å². The topological polar surface area (TPSA) is 71.8 Å². The van der Waals surface area contributed by atoms with Crippen LogP contribution in [-0.2, 0) is 22.7 Å².